The van der Waals surface area contributed by atoms with Crippen molar-refractivity contribution in [2.45, 2.75) is 57.4 Å². The number of aliphatic carboxylic acids is 1. The SMILES string of the molecule is CC1(C)c2ncnc(N)c2C(=O)N1c1ccc(C2CCC3(CC2)CC3C(=O)O)cc1. The molecule has 0 saturated heterocycles. The maximum atomic E-state index is 13.1. The van der Waals surface area contributed by atoms with Crippen LogP contribution in [-0.4, -0.2) is 27.0 Å². The average Bonchev–Trinajstić information content (AvgIpc) is 3.37. The molecule has 1 aromatic carbocycles. The van der Waals surface area contributed by atoms with Gasteiger partial charge in [0.1, 0.15) is 17.7 Å². The minimum absolute atomic E-state index is 0.0566. The maximum absolute atomic E-state index is 13.1. The molecule has 1 spiro atoms. The number of anilines is 2. The first kappa shape index (κ1) is 19.0. The molecule has 7 nitrogen and oxygen atoms in total. The summed E-state index contributed by atoms with van der Waals surface area (Å²) in [6.45, 7) is 3.93. The van der Waals surface area contributed by atoms with Crippen LogP contribution in [0.4, 0.5) is 11.5 Å². The molecule has 1 amide bonds. The second-order valence-corrected chi connectivity index (χ2v) is 9.51. The van der Waals surface area contributed by atoms with Crippen LogP contribution in [0.25, 0.3) is 0 Å². The molecule has 1 aromatic heterocycles. The molecule has 2 saturated carbocycles. The predicted molar refractivity (Wildman–Crippen MR) is 112 cm³/mol. The molecule has 3 N–H and O–H groups in total. The Labute approximate surface area is 175 Å². The quantitative estimate of drug-likeness (QED) is 0.804. The van der Waals surface area contributed by atoms with Gasteiger partial charge in [0.15, 0.2) is 0 Å². The largest absolute Gasteiger partial charge is 0.481 e. The van der Waals surface area contributed by atoms with Crippen LogP contribution >= 0.6 is 0 Å². The normalized spacial score (nSPS) is 29.1. The van der Waals surface area contributed by atoms with Crippen molar-refractivity contribution in [3.8, 4) is 0 Å². The Balaban J connectivity index is 1.35. The molecule has 2 aromatic rings. The van der Waals surface area contributed by atoms with Crippen molar-refractivity contribution >= 4 is 23.4 Å². The Kier molecular flexibility index (Phi) is 3.98. The van der Waals surface area contributed by atoms with Gasteiger partial charge in [-0.2, -0.15) is 0 Å². The Bertz CT molecular complexity index is 1040. The van der Waals surface area contributed by atoms with Crippen molar-refractivity contribution in [2.75, 3.05) is 10.6 Å². The van der Waals surface area contributed by atoms with E-state index in [2.05, 4.69) is 22.1 Å². The van der Waals surface area contributed by atoms with E-state index < -0.39 is 11.5 Å². The van der Waals surface area contributed by atoms with Crippen molar-refractivity contribution in [3.05, 3.63) is 47.4 Å². The first-order valence-corrected chi connectivity index (χ1v) is 10.5. The smallest absolute Gasteiger partial charge is 0.307 e. The van der Waals surface area contributed by atoms with Gasteiger partial charge in [0.25, 0.3) is 5.91 Å². The van der Waals surface area contributed by atoms with Gasteiger partial charge in [0.2, 0.25) is 0 Å². The fourth-order valence-corrected chi connectivity index (χ4v) is 5.66. The zero-order chi connectivity index (χ0) is 21.3. The number of nitrogens with two attached hydrogens (primary N) is 1. The van der Waals surface area contributed by atoms with Crippen LogP contribution in [0.5, 0.6) is 0 Å². The first-order valence-electron chi connectivity index (χ1n) is 10.5. The monoisotopic (exact) mass is 406 g/mol. The van der Waals surface area contributed by atoms with E-state index in [9.17, 15) is 14.7 Å². The van der Waals surface area contributed by atoms with Crippen LogP contribution in [0.2, 0.25) is 0 Å². The molecule has 2 fully saturated rings. The average molecular weight is 406 g/mol. The molecular formula is C23H26N4O3. The molecule has 2 aliphatic carbocycles. The molecule has 30 heavy (non-hydrogen) atoms. The summed E-state index contributed by atoms with van der Waals surface area (Å²) in [5.74, 6) is -0.286. The number of carboxylic acids is 1. The number of carboxylic acid groups (broad SMARTS) is 1. The summed E-state index contributed by atoms with van der Waals surface area (Å²) in [4.78, 5) is 34.4. The number of hydrogen-bond donors (Lipinski definition) is 2. The summed E-state index contributed by atoms with van der Waals surface area (Å²) in [6, 6.07) is 8.18. The van der Waals surface area contributed by atoms with Crippen LogP contribution in [-0.2, 0) is 10.3 Å². The summed E-state index contributed by atoms with van der Waals surface area (Å²) in [6.07, 6.45) is 6.26. The third kappa shape index (κ3) is 2.64. The van der Waals surface area contributed by atoms with Gasteiger partial charge in [-0.1, -0.05) is 12.1 Å². The fraction of sp³-hybridized carbons (Fsp3) is 0.478. The zero-order valence-electron chi connectivity index (χ0n) is 17.3. The highest BCUT2D eigenvalue weighted by atomic mass is 16.4. The van der Waals surface area contributed by atoms with Crippen molar-refractivity contribution in [3.63, 3.8) is 0 Å². The Morgan fingerprint density at radius 2 is 1.83 bits per heavy atom. The molecule has 1 atom stereocenters. The van der Waals surface area contributed by atoms with Crippen molar-refractivity contribution in [1.29, 1.82) is 0 Å². The summed E-state index contributed by atoms with van der Waals surface area (Å²) in [7, 11) is 0. The lowest BCUT2D eigenvalue weighted by molar-refractivity contribution is -0.139. The third-order valence-corrected chi connectivity index (χ3v) is 7.52. The van der Waals surface area contributed by atoms with E-state index >= 15 is 0 Å². The predicted octanol–water partition coefficient (Wildman–Crippen LogP) is 3.70. The van der Waals surface area contributed by atoms with E-state index in [1.165, 1.54) is 11.9 Å². The molecule has 1 unspecified atom stereocenters. The van der Waals surface area contributed by atoms with E-state index in [0.29, 0.717) is 17.2 Å². The number of carbonyl (C=O) groups excluding carboxylic acids is 1. The van der Waals surface area contributed by atoms with Crippen LogP contribution in [0, 0.1) is 11.3 Å². The third-order valence-electron chi connectivity index (χ3n) is 7.52. The van der Waals surface area contributed by atoms with E-state index in [4.69, 9.17) is 5.73 Å². The molecule has 1 aliphatic heterocycles. The number of aromatic nitrogens is 2. The number of hydrogen-bond acceptors (Lipinski definition) is 5. The van der Waals surface area contributed by atoms with Crippen LogP contribution in [0.3, 0.4) is 0 Å². The second kappa shape index (κ2) is 6.27. The van der Waals surface area contributed by atoms with Gasteiger partial charge in [-0.3, -0.25) is 14.5 Å². The summed E-state index contributed by atoms with van der Waals surface area (Å²) in [5, 5.41) is 9.29. The van der Waals surface area contributed by atoms with E-state index in [0.717, 1.165) is 37.8 Å². The molecule has 0 radical (unpaired) electrons. The van der Waals surface area contributed by atoms with Crippen LogP contribution < -0.4 is 10.6 Å². The second-order valence-electron chi connectivity index (χ2n) is 9.51. The Morgan fingerprint density at radius 1 is 1.17 bits per heavy atom. The molecule has 156 valence electrons. The number of fused-ring (bicyclic) bond motifs is 1. The summed E-state index contributed by atoms with van der Waals surface area (Å²) < 4.78 is 0. The van der Waals surface area contributed by atoms with Gasteiger partial charge in [-0.15, -0.1) is 0 Å². The molecule has 7 heteroatoms. The topological polar surface area (TPSA) is 109 Å². The van der Waals surface area contributed by atoms with Gasteiger partial charge in [0, 0.05) is 5.69 Å². The highest BCUT2D eigenvalue weighted by Crippen LogP contribution is 2.63. The number of carbonyl (C=O) groups is 2. The maximum Gasteiger partial charge on any atom is 0.307 e. The number of nitrogens with zero attached hydrogens (tertiary/aromatic N) is 3. The lowest BCUT2D eigenvalue weighted by Crippen LogP contribution is -2.39. The van der Waals surface area contributed by atoms with Crippen molar-refractivity contribution < 1.29 is 14.7 Å². The number of nitrogen functional groups attached to an aromatic ring is 1. The van der Waals surface area contributed by atoms with E-state index in [1.807, 2.05) is 26.0 Å². The minimum Gasteiger partial charge on any atom is -0.481 e. The Morgan fingerprint density at radius 3 is 2.40 bits per heavy atom. The van der Waals surface area contributed by atoms with E-state index in [-0.39, 0.29) is 23.1 Å². The van der Waals surface area contributed by atoms with Gasteiger partial charge in [-0.25, -0.2) is 9.97 Å². The highest BCUT2D eigenvalue weighted by Gasteiger charge is 2.58. The first-order chi connectivity index (χ1) is 14.2. The lowest BCUT2D eigenvalue weighted by atomic mass is 9.75. The molecular weight excluding hydrogens is 380 g/mol. The molecule has 0 bridgehead atoms. The zero-order valence-corrected chi connectivity index (χ0v) is 17.3. The van der Waals surface area contributed by atoms with Gasteiger partial charge < -0.3 is 10.8 Å². The standard InChI is InChI=1S/C23H26N4O3/c1-22(2)18-17(19(24)26-12-25-18)20(28)27(22)15-5-3-13(4-6-15)14-7-9-23(10-8-14)11-16(23)21(29)30/h3-6,12,14,16H,7-11H2,1-2H3,(H,29,30)(H2,24,25,26). The van der Waals surface area contributed by atoms with Gasteiger partial charge in [0.05, 0.1) is 17.2 Å². The van der Waals surface area contributed by atoms with Gasteiger partial charge >= 0.3 is 5.97 Å². The molecule has 3 aliphatic rings. The van der Waals surface area contributed by atoms with Crippen LogP contribution in [0.15, 0.2) is 30.6 Å². The number of rotatable bonds is 3. The Hall–Kier alpha value is -2.96. The van der Waals surface area contributed by atoms with Crippen molar-refractivity contribution in [1.82, 2.24) is 9.97 Å². The minimum atomic E-state index is -0.637. The van der Waals surface area contributed by atoms with Crippen LogP contribution in [0.1, 0.15) is 73.5 Å². The fourth-order valence-electron chi connectivity index (χ4n) is 5.66. The molecule has 5 rings (SSSR count). The number of amides is 1. The number of benzene rings is 1. The van der Waals surface area contributed by atoms with Crippen molar-refractivity contribution in [2.24, 2.45) is 11.3 Å². The summed E-state index contributed by atoms with van der Waals surface area (Å²) in [5.41, 5.74) is 8.52. The summed E-state index contributed by atoms with van der Waals surface area (Å²) >= 11 is 0. The lowest BCUT2D eigenvalue weighted by Gasteiger charge is -2.32. The molecule has 2 heterocycles. The van der Waals surface area contributed by atoms with E-state index in [1.54, 1.807) is 4.90 Å². The van der Waals surface area contributed by atoms with Gasteiger partial charge in [-0.05, 0) is 75.0 Å². The highest BCUT2D eigenvalue weighted by molar-refractivity contribution is 6.14.